The Bertz CT molecular complexity index is 402. The van der Waals surface area contributed by atoms with E-state index in [-0.39, 0.29) is 0 Å². The molecule has 20 heavy (non-hydrogen) atoms. The summed E-state index contributed by atoms with van der Waals surface area (Å²) in [5.74, 6) is 1.03. The highest BCUT2D eigenvalue weighted by atomic mass is 16.5. The molecule has 1 saturated carbocycles. The summed E-state index contributed by atoms with van der Waals surface area (Å²) in [6.45, 7) is 7.26. The molecule has 0 amide bonds. The molecule has 2 rings (SSSR count). The van der Waals surface area contributed by atoms with Crippen molar-refractivity contribution in [1.29, 1.82) is 0 Å². The van der Waals surface area contributed by atoms with E-state index in [0.29, 0.717) is 11.5 Å². The van der Waals surface area contributed by atoms with Crippen LogP contribution in [-0.2, 0) is 17.8 Å². The Kier molecular flexibility index (Phi) is 5.54. The number of aryl methyl sites for hydroxylation is 1. The van der Waals surface area contributed by atoms with Crippen LogP contribution in [0.3, 0.4) is 0 Å². The molecule has 0 spiro atoms. The van der Waals surface area contributed by atoms with Gasteiger partial charge >= 0.3 is 0 Å². The second kappa shape index (κ2) is 7.18. The Labute approximate surface area is 122 Å². The van der Waals surface area contributed by atoms with Crippen molar-refractivity contribution in [2.24, 2.45) is 5.41 Å². The van der Waals surface area contributed by atoms with E-state index >= 15 is 0 Å². The zero-order chi connectivity index (χ0) is 14.4. The molecule has 1 aromatic rings. The lowest BCUT2D eigenvalue weighted by atomic mass is 9.75. The average Bonchev–Trinajstić information content (AvgIpc) is 2.83. The number of aromatic nitrogens is 3. The number of methoxy groups -OCH3 is 1. The normalized spacial score (nSPS) is 22.1. The Morgan fingerprint density at radius 1 is 1.50 bits per heavy atom. The molecule has 5 nitrogen and oxygen atoms in total. The minimum atomic E-state index is 0.474. The maximum atomic E-state index is 5.09. The van der Waals surface area contributed by atoms with E-state index in [1.165, 1.54) is 25.7 Å². The molecule has 0 bridgehead atoms. The fourth-order valence-electron chi connectivity index (χ4n) is 3.09. The quantitative estimate of drug-likeness (QED) is 0.779. The number of rotatable bonds is 7. The van der Waals surface area contributed by atoms with Crippen LogP contribution in [0.15, 0.2) is 6.33 Å². The first-order valence-corrected chi connectivity index (χ1v) is 7.70. The molecule has 1 aliphatic carbocycles. The Morgan fingerprint density at radius 2 is 2.35 bits per heavy atom. The van der Waals surface area contributed by atoms with Gasteiger partial charge in [0.1, 0.15) is 12.2 Å². The maximum Gasteiger partial charge on any atom is 0.146 e. The summed E-state index contributed by atoms with van der Waals surface area (Å²) in [5.41, 5.74) is 0.474. The van der Waals surface area contributed by atoms with Crippen molar-refractivity contribution in [3.63, 3.8) is 0 Å². The fraction of sp³-hybridized carbons (Fsp3) is 0.867. The molecule has 0 aliphatic heterocycles. The third-order valence-corrected chi connectivity index (χ3v) is 4.20. The molecule has 1 heterocycles. The smallest absolute Gasteiger partial charge is 0.146 e. The van der Waals surface area contributed by atoms with Crippen molar-refractivity contribution in [2.45, 2.75) is 65.1 Å². The van der Waals surface area contributed by atoms with E-state index < -0.39 is 0 Å². The zero-order valence-electron chi connectivity index (χ0n) is 13.1. The van der Waals surface area contributed by atoms with Crippen molar-refractivity contribution in [2.75, 3.05) is 13.7 Å². The van der Waals surface area contributed by atoms with Gasteiger partial charge in [-0.2, -0.15) is 0 Å². The lowest BCUT2D eigenvalue weighted by Crippen LogP contribution is -2.37. The number of ether oxygens (including phenoxy) is 1. The lowest BCUT2D eigenvalue weighted by Gasteiger charge is -2.35. The van der Waals surface area contributed by atoms with Gasteiger partial charge in [0.2, 0.25) is 0 Å². The number of hydrogen-bond donors (Lipinski definition) is 1. The van der Waals surface area contributed by atoms with E-state index in [0.717, 1.165) is 31.9 Å². The molecule has 1 aliphatic rings. The first-order chi connectivity index (χ1) is 9.61. The van der Waals surface area contributed by atoms with Crippen molar-refractivity contribution < 1.29 is 4.74 Å². The molecule has 0 aromatic carbocycles. The van der Waals surface area contributed by atoms with Gasteiger partial charge in [-0.25, -0.2) is 0 Å². The van der Waals surface area contributed by atoms with Gasteiger partial charge in [0.15, 0.2) is 0 Å². The largest absolute Gasteiger partial charge is 0.385 e. The average molecular weight is 280 g/mol. The van der Waals surface area contributed by atoms with Crippen LogP contribution in [0, 0.1) is 5.41 Å². The summed E-state index contributed by atoms with van der Waals surface area (Å²) in [6, 6.07) is 0.614. The predicted octanol–water partition coefficient (Wildman–Crippen LogP) is 2.37. The van der Waals surface area contributed by atoms with Crippen molar-refractivity contribution >= 4 is 0 Å². The van der Waals surface area contributed by atoms with Crippen LogP contribution in [-0.4, -0.2) is 34.5 Å². The lowest BCUT2D eigenvalue weighted by molar-refractivity contribution is 0.188. The van der Waals surface area contributed by atoms with Crippen molar-refractivity contribution in [3.8, 4) is 0 Å². The second-order valence-electron chi connectivity index (χ2n) is 6.63. The van der Waals surface area contributed by atoms with E-state index in [2.05, 4.69) is 33.9 Å². The molecule has 5 heteroatoms. The van der Waals surface area contributed by atoms with Crippen LogP contribution in [0.1, 0.15) is 51.8 Å². The summed E-state index contributed by atoms with van der Waals surface area (Å²) in [7, 11) is 1.74. The molecule has 1 atom stereocenters. The summed E-state index contributed by atoms with van der Waals surface area (Å²) in [6.07, 6.45) is 8.02. The Morgan fingerprint density at radius 3 is 3.10 bits per heavy atom. The second-order valence-corrected chi connectivity index (χ2v) is 6.63. The van der Waals surface area contributed by atoms with Crippen LogP contribution in [0.5, 0.6) is 0 Å². The molecule has 0 saturated heterocycles. The minimum absolute atomic E-state index is 0.474. The van der Waals surface area contributed by atoms with Crippen molar-refractivity contribution in [3.05, 3.63) is 12.2 Å². The van der Waals surface area contributed by atoms with Crippen LogP contribution >= 0.6 is 0 Å². The van der Waals surface area contributed by atoms with Gasteiger partial charge in [-0.15, -0.1) is 10.2 Å². The fourth-order valence-corrected chi connectivity index (χ4v) is 3.09. The molecule has 1 N–H and O–H groups in total. The molecule has 0 radical (unpaired) electrons. The Hall–Kier alpha value is -0.940. The van der Waals surface area contributed by atoms with Gasteiger partial charge in [-0.05, 0) is 31.1 Å². The van der Waals surface area contributed by atoms with E-state index in [1.54, 1.807) is 7.11 Å². The van der Waals surface area contributed by atoms with Gasteiger partial charge in [0, 0.05) is 26.3 Å². The van der Waals surface area contributed by atoms with Gasteiger partial charge in [0.25, 0.3) is 0 Å². The maximum absolute atomic E-state index is 5.09. The van der Waals surface area contributed by atoms with Crippen LogP contribution < -0.4 is 5.32 Å². The standard InChI is InChI=1S/C15H28N4O/c1-15(2)7-4-6-13(10-15)16-11-14-18-17-12-19(14)8-5-9-20-3/h12-13,16H,4-11H2,1-3H3. The molecular weight excluding hydrogens is 252 g/mol. The van der Waals surface area contributed by atoms with E-state index in [9.17, 15) is 0 Å². The first-order valence-electron chi connectivity index (χ1n) is 7.70. The summed E-state index contributed by atoms with van der Waals surface area (Å²) >= 11 is 0. The highest BCUT2D eigenvalue weighted by molar-refractivity contribution is 4.89. The first kappa shape index (κ1) is 15.4. The highest BCUT2D eigenvalue weighted by Crippen LogP contribution is 2.35. The van der Waals surface area contributed by atoms with E-state index in [1.807, 2.05) is 6.33 Å². The molecule has 114 valence electrons. The van der Waals surface area contributed by atoms with Crippen LogP contribution in [0.2, 0.25) is 0 Å². The van der Waals surface area contributed by atoms with E-state index in [4.69, 9.17) is 4.74 Å². The topological polar surface area (TPSA) is 52.0 Å². The summed E-state index contributed by atoms with van der Waals surface area (Å²) in [5, 5.41) is 11.9. The third kappa shape index (κ3) is 4.56. The summed E-state index contributed by atoms with van der Waals surface area (Å²) in [4.78, 5) is 0. The predicted molar refractivity (Wildman–Crippen MR) is 79.4 cm³/mol. The summed E-state index contributed by atoms with van der Waals surface area (Å²) < 4.78 is 7.21. The van der Waals surface area contributed by atoms with Gasteiger partial charge in [-0.3, -0.25) is 0 Å². The van der Waals surface area contributed by atoms with Gasteiger partial charge < -0.3 is 14.6 Å². The van der Waals surface area contributed by atoms with Crippen LogP contribution in [0.25, 0.3) is 0 Å². The Balaban J connectivity index is 1.80. The van der Waals surface area contributed by atoms with Crippen molar-refractivity contribution in [1.82, 2.24) is 20.1 Å². The van der Waals surface area contributed by atoms with Gasteiger partial charge in [-0.1, -0.05) is 20.3 Å². The molecule has 1 fully saturated rings. The monoisotopic (exact) mass is 280 g/mol. The van der Waals surface area contributed by atoms with Crippen LogP contribution in [0.4, 0.5) is 0 Å². The number of hydrogen-bond acceptors (Lipinski definition) is 4. The highest BCUT2D eigenvalue weighted by Gasteiger charge is 2.27. The molecular formula is C15H28N4O. The minimum Gasteiger partial charge on any atom is -0.385 e. The SMILES string of the molecule is COCCCn1cnnc1CNC1CCCC(C)(C)C1. The van der Waals surface area contributed by atoms with Gasteiger partial charge in [0.05, 0.1) is 6.54 Å². The molecule has 1 aromatic heterocycles. The molecule has 1 unspecified atom stereocenters. The zero-order valence-corrected chi connectivity index (χ0v) is 13.1. The number of nitrogens with zero attached hydrogens (tertiary/aromatic N) is 3. The number of nitrogens with one attached hydrogen (secondary N) is 1. The third-order valence-electron chi connectivity index (χ3n) is 4.20.